The predicted octanol–water partition coefficient (Wildman–Crippen LogP) is 3.81. The van der Waals surface area contributed by atoms with Crippen LogP contribution in [-0.4, -0.2) is 117 Å². The molecule has 0 aromatic rings. The fraction of sp³-hybridized carbons (Fsp3) is 0.914. The SMILES string of the molecule is CCCN(CCC)C(=O)C1CC(C(=O)NC(CC2CC(F)CC(F)C2)C(O)CN(C)NS(=O)(=O)CC2CCCCC2)CC(C(=O)N(C)C)C1. The third kappa shape index (κ3) is 13.3. The summed E-state index contributed by atoms with van der Waals surface area (Å²) in [5, 5.41) is 15.7. The molecular formula is C35H63F2N5O6S. The van der Waals surface area contributed by atoms with E-state index < -0.39 is 64.1 Å². The summed E-state index contributed by atoms with van der Waals surface area (Å²) >= 11 is 0. The van der Waals surface area contributed by atoms with Crippen LogP contribution in [0.3, 0.4) is 0 Å². The summed E-state index contributed by atoms with van der Waals surface area (Å²) < 4.78 is 54.7. The molecule has 3 amide bonds. The molecule has 0 aromatic heterocycles. The van der Waals surface area contributed by atoms with Crippen LogP contribution in [0.4, 0.5) is 8.78 Å². The van der Waals surface area contributed by atoms with Crippen molar-refractivity contribution in [3.8, 4) is 0 Å². The zero-order chi connectivity index (χ0) is 36.3. The quantitative estimate of drug-likeness (QED) is 0.195. The van der Waals surface area contributed by atoms with Gasteiger partial charge < -0.3 is 20.2 Å². The minimum atomic E-state index is -3.68. The Morgan fingerprint density at radius 1 is 0.796 bits per heavy atom. The summed E-state index contributed by atoms with van der Waals surface area (Å²) in [5.41, 5.74) is 0. The number of aliphatic hydroxyl groups excluding tert-OH is 1. The number of carbonyl (C=O) groups excluding carboxylic acids is 3. The van der Waals surface area contributed by atoms with Gasteiger partial charge in [-0.25, -0.2) is 22.2 Å². The Bertz CT molecular complexity index is 1160. The van der Waals surface area contributed by atoms with Gasteiger partial charge in [0.25, 0.3) is 0 Å². The molecule has 0 saturated heterocycles. The van der Waals surface area contributed by atoms with Crippen LogP contribution in [0.25, 0.3) is 0 Å². The van der Waals surface area contributed by atoms with Gasteiger partial charge >= 0.3 is 0 Å². The standard InChI is InChI=1S/C35H63F2N5O6S/c1-6-13-42(14-7-2)35(46)28-19-26(18-27(20-28)34(45)40(3)4)33(44)38-31(17-25-15-29(36)21-30(37)16-25)32(43)22-41(5)39-49(47,48)23-24-11-9-8-10-12-24/h24-32,39,43H,6-23H2,1-5H3,(H,38,44). The molecule has 0 radical (unpaired) electrons. The van der Waals surface area contributed by atoms with Crippen molar-refractivity contribution in [1.29, 1.82) is 0 Å². The first-order valence-electron chi connectivity index (χ1n) is 18.6. The van der Waals surface area contributed by atoms with Gasteiger partial charge in [-0.2, -0.15) is 0 Å². The van der Waals surface area contributed by atoms with E-state index in [2.05, 4.69) is 10.1 Å². The number of hydrazine groups is 1. The lowest BCUT2D eigenvalue weighted by molar-refractivity contribution is -0.143. The monoisotopic (exact) mass is 719 g/mol. The zero-order valence-electron chi connectivity index (χ0n) is 30.4. The van der Waals surface area contributed by atoms with E-state index in [1.807, 2.05) is 18.7 Å². The van der Waals surface area contributed by atoms with Crippen LogP contribution in [0.15, 0.2) is 0 Å². The highest BCUT2D eigenvalue weighted by Crippen LogP contribution is 2.37. The molecule has 3 saturated carbocycles. The van der Waals surface area contributed by atoms with Crippen molar-refractivity contribution in [2.45, 2.75) is 128 Å². The molecule has 3 rings (SSSR count). The van der Waals surface area contributed by atoms with Gasteiger partial charge in [0.15, 0.2) is 0 Å². The van der Waals surface area contributed by atoms with Crippen molar-refractivity contribution in [1.82, 2.24) is 25.0 Å². The third-order valence-electron chi connectivity index (χ3n) is 10.5. The van der Waals surface area contributed by atoms with Gasteiger partial charge in [-0.1, -0.05) is 33.1 Å². The van der Waals surface area contributed by atoms with Crippen LogP contribution in [0.5, 0.6) is 0 Å². The van der Waals surface area contributed by atoms with Crippen molar-refractivity contribution in [2.24, 2.45) is 29.6 Å². The van der Waals surface area contributed by atoms with Crippen molar-refractivity contribution in [3.05, 3.63) is 0 Å². The van der Waals surface area contributed by atoms with E-state index in [0.29, 0.717) is 19.5 Å². The molecule has 14 heteroatoms. The normalized spacial score (nSPS) is 28.1. The van der Waals surface area contributed by atoms with Crippen LogP contribution >= 0.6 is 0 Å². The molecule has 0 spiro atoms. The van der Waals surface area contributed by atoms with Gasteiger partial charge in [0.2, 0.25) is 27.7 Å². The highest BCUT2D eigenvalue weighted by molar-refractivity contribution is 7.89. The Hall–Kier alpha value is -1.90. The topological polar surface area (TPSA) is 139 Å². The first-order chi connectivity index (χ1) is 23.1. The van der Waals surface area contributed by atoms with E-state index in [0.717, 1.165) is 44.9 Å². The number of rotatable bonds is 17. The molecule has 0 heterocycles. The van der Waals surface area contributed by atoms with Crippen LogP contribution in [-0.2, 0) is 24.4 Å². The number of alkyl halides is 2. The molecule has 49 heavy (non-hydrogen) atoms. The molecule has 7 unspecified atom stereocenters. The Morgan fingerprint density at radius 3 is 1.90 bits per heavy atom. The van der Waals surface area contributed by atoms with Crippen molar-refractivity contribution >= 4 is 27.7 Å². The molecule has 7 atom stereocenters. The number of aliphatic hydroxyl groups is 1. The lowest BCUT2D eigenvalue weighted by atomic mass is 9.73. The van der Waals surface area contributed by atoms with Gasteiger partial charge in [-0.3, -0.25) is 14.4 Å². The Labute approximate surface area is 293 Å². The molecule has 3 N–H and O–H groups in total. The number of carbonyl (C=O) groups is 3. The van der Waals surface area contributed by atoms with Gasteiger partial charge in [0.1, 0.15) is 12.3 Å². The van der Waals surface area contributed by atoms with Crippen LogP contribution < -0.4 is 10.1 Å². The summed E-state index contributed by atoms with van der Waals surface area (Å²) in [6, 6.07) is -0.934. The second kappa shape index (κ2) is 19.6. The first-order valence-corrected chi connectivity index (χ1v) is 20.2. The molecule has 0 aliphatic heterocycles. The molecule has 284 valence electrons. The average molecular weight is 720 g/mol. The van der Waals surface area contributed by atoms with Crippen LogP contribution in [0.2, 0.25) is 0 Å². The summed E-state index contributed by atoms with van der Waals surface area (Å²) in [4.78, 5) is 46.7. The van der Waals surface area contributed by atoms with Crippen LogP contribution in [0.1, 0.15) is 104 Å². The number of hydrogen-bond donors (Lipinski definition) is 3. The highest BCUT2D eigenvalue weighted by Gasteiger charge is 2.42. The second-order valence-electron chi connectivity index (χ2n) is 15.3. The number of halogens is 2. The summed E-state index contributed by atoms with van der Waals surface area (Å²) in [6.45, 7) is 5.00. The minimum absolute atomic E-state index is 0.00616. The molecule has 3 aliphatic carbocycles. The van der Waals surface area contributed by atoms with Gasteiger partial charge in [0.05, 0.1) is 17.9 Å². The zero-order valence-corrected chi connectivity index (χ0v) is 31.2. The lowest BCUT2D eigenvalue weighted by Crippen LogP contribution is -2.54. The number of amides is 3. The molecule has 3 fully saturated rings. The van der Waals surface area contributed by atoms with E-state index in [4.69, 9.17) is 0 Å². The maximum absolute atomic E-state index is 14.4. The first kappa shape index (κ1) is 41.5. The fourth-order valence-corrected chi connectivity index (χ4v) is 9.85. The predicted molar refractivity (Wildman–Crippen MR) is 186 cm³/mol. The number of nitrogens with one attached hydrogen (secondary N) is 2. The number of sulfonamides is 1. The van der Waals surface area contributed by atoms with E-state index in [1.165, 1.54) is 17.0 Å². The Kier molecular flexibility index (Phi) is 16.6. The summed E-state index contributed by atoms with van der Waals surface area (Å²) in [7, 11) is 1.12. The van der Waals surface area contributed by atoms with E-state index >= 15 is 0 Å². The van der Waals surface area contributed by atoms with E-state index in [9.17, 15) is 36.7 Å². The maximum Gasteiger partial charge on any atom is 0.225 e. The molecule has 3 aliphatic rings. The lowest BCUT2D eigenvalue weighted by Gasteiger charge is -2.38. The van der Waals surface area contributed by atoms with Crippen molar-refractivity contribution < 1.29 is 36.7 Å². The molecule has 0 bridgehead atoms. The van der Waals surface area contributed by atoms with Crippen molar-refractivity contribution in [3.63, 3.8) is 0 Å². The Morgan fingerprint density at radius 2 is 1.35 bits per heavy atom. The summed E-state index contributed by atoms with van der Waals surface area (Å²) in [5.74, 6) is -2.78. The highest BCUT2D eigenvalue weighted by atomic mass is 32.2. The van der Waals surface area contributed by atoms with Crippen LogP contribution in [0, 0.1) is 29.6 Å². The number of nitrogens with zero attached hydrogens (tertiary/aromatic N) is 3. The van der Waals surface area contributed by atoms with Gasteiger partial charge in [0, 0.05) is 65.0 Å². The molecule has 0 aromatic carbocycles. The average Bonchev–Trinajstić information content (AvgIpc) is 3.02. The number of likely N-dealkylation sites (N-methyl/N-ethyl adjacent to an activating group) is 1. The third-order valence-corrected chi connectivity index (χ3v) is 12.0. The second-order valence-corrected chi connectivity index (χ2v) is 17.0. The van der Waals surface area contributed by atoms with Gasteiger partial charge in [-0.05, 0) is 76.0 Å². The molecule has 11 nitrogen and oxygen atoms in total. The molecular weight excluding hydrogens is 656 g/mol. The Balaban J connectivity index is 1.78. The minimum Gasteiger partial charge on any atom is -0.390 e. The summed E-state index contributed by atoms with van der Waals surface area (Å²) in [6.07, 6.45) is 3.46. The fourth-order valence-electron chi connectivity index (χ4n) is 8.27. The van der Waals surface area contributed by atoms with E-state index in [1.54, 1.807) is 14.1 Å². The number of hydrogen-bond acceptors (Lipinski definition) is 7. The van der Waals surface area contributed by atoms with E-state index in [-0.39, 0.29) is 68.6 Å². The maximum atomic E-state index is 14.4. The smallest absolute Gasteiger partial charge is 0.225 e. The van der Waals surface area contributed by atoms with Crippen molar-refractivity contribution in [2.75, 3.05) is 46.5 Å². The largest absolute Gasteiger partial charge is 0.390 e. The van der Waals surface area contributed by atoms with Gasteiger partial charge in [-0.15, -0.1) is 4.83 Å².